The quantitative estimate of drug-likeness (QED) is 0.590. The molecule has 10 heteroatoms. The summed E-state index contributed by atoms with van der Waals surface area (Å²) in [4.78, 5) is 23.9. The molecule has 0 saturated heterocycles. The molecule has 1 aliphatic heterocycles. The number of ether oxygens (including phenoxy) is 2. The molecule has 0 unspecified atom stereocenters. The first-order valence-corrected chi connectivity index (χ1v) is 11.4. The molecule has 0 aromatic heterocycles. The highest BCUT2D eigenvalue weighted by Crippen LogP contribution is 2.31. The van der Waals surface area contributed by atoms with Gasteiger partial charge in [-0.2, -0.15) is 0 Å². The number of sulfonamides is 1. The minimum Gasteiger partial charge on any atom is -0.490 e. The van der Waals surface area contributed by atoms with Gasteiger partial charge in [0.2, 0.25) is 21.8 Å². The van der Waals surface area contributed by atoms with Crippen LogP contribution in [0.5, 0.6) is 11.5 Å². The van der Waals surface area contributed by atoms with Crippen LogP contribution in [0.15, 0.2) is 23.1 Å². The number of benzene rings is 1. The Morgan fingerprint density at radius 3 is 2.45 bits per heavy atom. The van der Waals surface area contributed by atoms with Crippen molar-refractivity contribution >= 4 is 21.8 Å². The number of hydrogen-bond acceptors (Lipinski definition) is 6. The molecule has 1 fully saturated rings. The lowest BCUT2D eigenvalue weighted by Crippen LogP contribution is -2.45. The van der Waals surface area contributed by atoms with E-state index in [9.17, 15) is 18.0 Å². The predicted molar refractivity (Wildman–Crippen MR) is 105 cm³/mol. The standard InChI is InChI=1S/C19H27N3O6S/c23-18(21-22-19(24)14-5-2-1-3-6-14)9-10-20-29(25,26)15-7-8-16-17(13-15)28-12-4-11-27-16/h7-8,13-14,20H,1-6,9-12H2,(H,21,23)(H,22,24). The summed E-state index contributed by atoms with van der Waals surface area (Å²) < 4.78 is 38.3. The van der Waals surface area contributed by atoms with Crippen LogP contribution in [-0.2, 0) is 19.6 Å². The minimum absolute atomic E-state index is 0.0350. The summed E-state index contributed by atoms with van der Waals surface area (Å²) in [6.07, 6.45) is 5.46. The van der Waals surface area contributed by atoms with Crippen LogP contribution >= 0.6 is 0 Å². The van der Waals surface area contributed by atoms with E-state index in [1.807, 2.05) is 0 Å². The van der Waals surface area contributed by atoms with E-state index in [1.165, 1.54) is 12.1 Å². The topological polar surface area (TPSA) is 123 Å². The normalized spacial score (nSPS) is 17.2. The lowest BCUT2D eigenvalue weighted by atomic mass is 9.89. The SMILES string of the molecule is O=C(CCNS(=O)(=O)c1ccc2c(c1)OCCCO2)NNC(=O)C1CCCCC1. The number of fused-ring (bicyclic) bond motifs is 1. The van der Waals surface area contributed by atoms with E-state index in [-0.39, 0.29) is 29.7 Å². The second-order valence-electron chi connectivity index (χ2n) is 7.18. The Bertz CT molecular complexity index is 836. The number of hydrogen-bond donors (Lipinski definition) is 3. The third-order valence-corrected chi connectivity index (χ3v) is 6.43. The molecule has 1 aliphatic carbocycles. The molecule has 2 amide bonds. The van der Waals surface area contributed by atoms with Crippen LogP contribution in [0.2, 0.25) is 0 Å². The number of carbonyl (C=O) groups is 2. The summed E-state index contributed by atoms with van der Waals surface area (Å²) in [6, 6.07) is 4.40. The first kappa shape index (κ1) is 21.4. The molecule has 1 aromatic carbocycles. The number of nitrogens with one attached hydrogen (secondary N) is 3. The Labute approximate surface area is 170 Å². The molecule has 0 spiro atoms. The zero-order chi connectivity index (χ0) is 20.7. The fourth-order valence-electron chi connectivity index (χ4n) is 3.35. The molecule has 1 aromatic rings. The van der Waals surface area contributed by atoms with Crippen molar-refractivity contribution in [3.8, 4) is 11.5 Å². The molecule has 0 atom stereocenters. The van der Waals surface area contributed by atoms with Gasteiger partial charge in [-0.25, -0.2) is 13.1 Å². The second kappa shape index (κ2) is 9.93. The molecule has 3 rings (SSSR count). The Morgan fingerprint density at radius 1 is 0.966 bits per heavy atom. The van der Waals surface area contributed by atoms with Crippen molar-refractivity contribution in [3.63, 3.8) is 0 Å². The van der Waals surface area contributed by atoms with E-state index in [2.05, 4.69) is 15.6 Å². The molecular weight excluding hydrogens is 398 g/mol. The zero-order valence-corrected chi connectivity index (χ0v) is 17.1. The van der Waals surface area contributed by atoms with Gasteiger partial charge in [-0.15, -0.1) is 0 Å². The summed E-state index contributed by atoms with van der Waals surface area (Å²) in [6.45, 7) is 0.877. The van der Waals surface area contributed by atoms with Gasteiger partial charge in [0, 0.05) is 31.4 Å². The maximum absolute atomic E-state index is 12.4. The zero-order valence-electron chi connectivity index (χ0n) is 16.2. The van der Waals surface area contributed by atoms with Gasteiger partial charge in [0.15, 0.2) is 11.5 Å². The summed E-state index contributed by atoms with van der Waals surface area (Å²) in [7, 11) is -3.80. The number of amides is 2. The van der Waals surface area contributed by atoms with Crippen LogP contribution in [-0.4, -0.2) is 40.0 Å². The molecule has 1 heterocycles. The summed E-state index contributed by atoms with van der Waals surface area (Å²) in [5.74, 6) is 0.173. The average molecular weight is 426 g/mol. The van der Waals surface area contributed by atoms with Gasteiger partial charge in [-0.1, -0.05) is 19.3 Å². The molecule has 1 saturated carbocycles. The van der Waals surface area contributed by atoms with E-state index in [0.717, 1.165) is 38.5 Å². The van der Waals surface area contributed by atoms with Gasteiger partial charge in [0.1, 0.15) is 0 Å². The molecular formula is C19H27N3O6S. The van der Waals surface area contributed by atoms with E-state index >= 15 is 0 Å². The molecule has 160 valence electrons. The number of carbonyl (C=O) groups excluding carboxylic acids is 2. The molecule has 29 heavy (non-hydrogen) atoms. The third-order valence-electron chi connectivity index (χ3n) is 4.97. The van der Waals surface area contributed by atoms with Crippen molar-refractivity contribution in [2.45, 2.75) is 49.8 Å². The van der Waals surface area contributed by atoms with Crippen molar-refractivity contribution in [2.24, 2.45) is 5.92 Å². The van der Waals surface area contributed by atoms with E-state index in [4.69, 9.17) is 9.47 Å². The fourth-order valence-corrected chi connectivity index (χ4v) is 4.40. The van der Waals surface area contributed by atoms with Gasteiger partial charge in [-0.05, 0) is 25.0 Å². The maximum atomic E-state index is 12.4. The highest BCUT2D eigenvalue weighted by atomic mass is 32.2. The Hall–Kier alpha value is -2.33. The highest BCUT2D eigenvalue weighted by molar-refractivity contribution is 7.89. The van der Waals surface area contributed by atoms with Gasteiger partial charge in [-0.3, -0.25) is 20.4 Å². The molecule has 9 nitrogen and oxygen atoms in total. The Kier molecular flexibility index (Phi) is 7.32. The largest absolute Gasteiger partial charge is 0.490 e. The van der Waals surface area contributed by atoms with Gasteiger partial charge < -0.3 is 9.47 Å². The second-order valence-corrected chi connectivity index (χ2v) is 8.95. The van der Waals surface area contributed by atoms with Crippen LogP contribution < -0.4 is 25.0 Å². The summed E-state index contributed by atoms with van der Waals surface area (Å²) >= 11 is 0. The van der Waals surface area contributed by atoms with Gasteiger partial charge in [0.25, 0.3) is 0 Å². The smallest absolute Gasteiger partial charge is 0.241 e. The van der Waals surface area contributed by atoms with Gasteiger partial charge in [0.05, 0.1) is 18.1 Å². The Morgan fingerprint density at radius 2 is 1.69 bits per heavy atom. The van der Waals surface area contributed by atoms with Crippen molar-refractivity contribution in [3.05, 3.63) is 18.2 Å². The maximum Gasteiger partial charge on any atom is 0.241 e. The molecule has 0 bridgehead atoms. The lowest BCUT2D eigenvalue weighted by molar-refractivity contribution is -0.131. The van der Waals surface area contributed by atoms with Crippen molar-refractivity contribution in [2.75, 3.05) is 19.8 Å². The molecule has 2 aliphatic rings. The molecule has 3 N–H and O–H groups in total. The Balaban J connectivity index is 1.44. The number of rotatable bonds is 6. The van der Waals surface area contributed by atoms with E-state index in [0.29, 0.717) is 24.7 Å². The predicted octanol–water partition coefficient (Wildman–Crippen LogP) is 1.24. The molecule has 0 radical (unpaired) electrons. The van der Waals surface area contributed by atoms with Crippen LogP contribution in [0, 0.1) is 5.92 Å². The van der Waals surface area contributed by atoms with Crippen molar-refractivity contribution < 1.29 is 27.5 Å². The first-order chi connectivity index (χ1) is 14.0. The summed E-state index contributed by atoms with van der Waals surface area (Å²) in [5.41, 5.74) is 4.77. The summed E-state index contributed by atoms with van der Waals surface area (Å²) in [5, 5.41) is 0. The van der Waals surface area contributed by atoms with Crippen LogP contribution in [0.1, 0.15) is 44.9 Å². The van der Waals surface area contributed by atoms with Gasteiger partial charge >= 0.3 is 0 Å². The lowest BCUT2D eigenvalue weighted by Gasteiger charge is -2.20. The van der Waals surface area contributed by atoms with Crippen LogP contribution in [0.25, 0.3) is 0 Å². The van der Waals surface area contributed by atoms with Crippen molar-refractivity contribution in [1.29, 1.82) is 0 Å². The first-order valence-electron chi connectivity index (χ1n) is 9.94. The number of hydrazine groups is 1. The monoisotopic (exact) mass is 425 g/mol. The average Bonchev–Trinajstić information content (AvgIpc) is 2.97. The highest BCUT2D eigenvalue weighted by Gasteiger charge is 2.22. The van der Waals surface area contributed by atoms with Crippen LogP contribution in [0.3, 0.4) is 0 Å². The van der Waals surface area contributed by atoms with E-state index in [1.54, 1.807) is 6.07 Å². The fraction of sp³-hybridized carbons (Fsp3) is 0.579. The third kappa shape index (κ3) is 6.07. The van der Waals surface area contributed by atoms with E-state index < -0.39 is 15.9 Å². The minimum atomic E-state index is -3.80. The van der Waals surface area contributed by atoms with Crippen LogP contribution in [0.4, 0.5) is 0 Å². The van der Waals surface area contributed by atoms with Crippen molar-refractivity contribution in [1.82, 2.24) is 15.6 Å².